The summed E-state index contributed by atoms with van der Waals surface area (Å²) < 4.78 is 14.0. The molecule has 0 fully saturated rings. The van der Waals surface area contributed by atoms with Crippen LogP contribution in [-0.2, 0) is 6.54 Å². The second kappa shape index (κ2) is 6.12. The Labute approximate surface area is 116 Å². The molecule has 3 nitrogen and oxygen atoms in total. The number of nitrogens with zero attached hydrogens (tertiary/aromatic N) is 2. The lowest BCUT2D eigenvalue weighted by Crippen LogP contribution is -2.07. The summed E-state index contributed by atoms with van der Waals surface area (Å²) in [4.78, 5) is 9.26. The topological polar surface area (TPSA) is 37.8 Å². The first-order chi connectivity index (χ1) is 9.10. The van der Waals surface area contributed by atoms with E-state index >= 15 is 0 Å². The molecule has 0 aliphatic heterocycles. The lowest BCUT2D eigenvalue weighted by Gasteiger charge is -2.09. The third kappa shape index (κ3) is 3.52. The lowest BCUT2D eigenvalue weighted by atomic mass is 10.2. The first-order valence-corrected chi connectivity index (χ1v) is 6.84. The Kier molecular flexibility index (Phi) is 4.50. The summed E-state index contributed by atoms with van der Waals surface area (Å²) in [5.41, 5.74) is 2.69. The summed E-state index contributed by atoms with van der Waals surface area (Å²) in [5, 5.41) is 3.62. The molecule has 1 N–H and O–H groups in total. The predicted molar refractivity (Wildman–Crippen MR) is 74.8 cm³/mol. The van der Waals surface area contributed by atoms with Gasteiger partial charge < -0.3 is 5.32 Å². The van der Waals surface area contributed by atoms with Gasteiger partial charge in [0.1, 0.15) is 5.82 Å². The van der Waals surface area contributed by atoms with Gasteiger partial charge >= 0.3 is 0 Å². The smallest absolute Gasteiger partial charge is 0.192 e. The molecule has 100 valence electrons. The Morgan fingerprint density at radius 3 is 2.53 bits per heavy atom. The Morgan fingerprint density at radius 2 is 1.89 bits per heavy atom. The molecule has 0 unspecified atom stereocenters. The Hall–Kier alpha value is -1.46. The zero-order valence-electron chi connectivity index (χ0n) is 11.2. The molecule has 2 aromatic rings. The number of aryl methyl sites for hydroxylation is 2. The van der Waals surface area contributed by atoms with Crippen molar-refractivity contribution in [3.05, 3.63) is 47.0 Å². The van der Waals surface area contributed by atoms with E-state index in [0.29, 0.717) is 16.6 Å². The van der Waals surface area contributed by atoms with Crippen LogP contribution in [-0.4, -0.2) is 17.0 Å². The molecule has 0 saturated heterocycles. The molecule has 0 bridgehead atoms. The Bertz CT molecular complexity index is 567. The van der Waals surface area contributed by atoms with Gasteiger partial charge in [-0.25, -0.2) is 14.4 Å². The normalized spacial score (nSPS) is 10.7. The molecule has 1 heterocycles. The van der Waals surface area contributed by atoms with E-state index in [1.807, 2.05) is 33.0 Å². The maximum Gasteiger partial charge on any atom is 0.192 e. The van der Waals surface area contributed by atoms with Crippen LogP contribution in [0.2, 0.25) is 0 Å². The molecule has 0 radical (unpaired) electrons. The van der Waals surface area contributed by atoms with Gasteiger partial charge in [-0.2, -0.15) is 0 Å². The van der Waals surface area contributed by atoms with E-state index in [0.717, 1.165) is 17.0 Å². The Balaban J connectivity index is 2.36. The number of aromatic nitrogens is 2. The van der Waals surface area contributed by atoms with Gasteiger partial charge in [-0.15, -0.1) is 0 Å². The third-order valence-corrected chi connectivity index (χ3v) is 3.60. The number of hydrogen-bond donors (Lipinski definition) is 1. The number of halogens is 1. The van der Waals surface area contributed by atoms with Crippen LogP contribution in [0.3, 0.4) is 0 Å². The van der Waals surface area contributed by atoms with E-state index in [9.17, 15) is 4.39 Å². The van der Waals surface area contributed by atoms with Crippen LogP contribution in [0.4, 0.5) is 4.39 Å². The molecular weight excluding hydrogens is 261 g/mol. The highest BCUT2D eigenvalue weighted by atomic mass is 32.2. The summed E-state index contributed by atoms with van der Waals surface area (Å²) in [6.07, 6.45) is 0. The van der Waals surface area contributed by atoms with Crippen LogP contribution in [0.25, 0.3) is 0 Å². The van der Waals surface area contributed by atoms with E-state index in [2.05, 4.69) is 15.3 Å². The van der Waals surface area contributed by atoms with Crippen molar-refractivity contribution >= 4 is 11.8 Å². The van der Waals surface area contributed by atoms with Gasteiger partial charge in [0.25, 0.3) is 0 Å². The molecule has 0 spiro atoms. The van der Waals surface area contributed by atoms with E-state index in [-0.39, 0.29) is 5.82 Å². The zero-order valence-corrected chi connectivity index (χ0v) is 12.0. The summed E-state index contributed by atoms with van der Waals surface area (Å²) >= 11 is 1.27. The summed E-state index contributed by atoms with van der Waals surface area (Å²) in [6.45, 7) is 4.44. The van der Waals surface area contributed by atoms with Gasteiger partial charge in [-0.1, -0.05) is 12.1 Å². The first-order valence-electron chi connectivity index (χ1n) is 6.02. The van der Waals surface area contributed by atoms with Crippen molar-refractivity contribution < 1.29 is 4.39 Å². The summed E-state index contributed by atoms with van der Waals surface area (Å²) in [7, 11) is 1.84. The van der Waals surface area contributed by atoms with E-state index < -0.39 is 0 Å². The number of benzene rings is 1. The zero-order chi connectivity index (χ0) is 13.8. The summed E-state index contributed by atoms with van der Waals surface area (Å²) in [6, 6.07) is 6.99. The van der Waals surface area contributed by atoms with Gasteiger partial charge in [-0.05, 0) is 50.4 Å². The van der Waals surface area contributed by atoms with Gasteiger partial charge in [0.05, 0.1) is 4.90 Å². The van der Waals surface area contributed by atoms with Gasteiger partial charge in [-0.3, -0.25) is 0 Å². The number of rotatable bonds is 4. The minimum absolute atomic E-state index is 0.236. The van der Waals surface area contributed by atoms with Crippen molar-refractivity contribution in [3.8, 4) is 0 Å². The molecule has 5 heteroatoms. The average Bonchev–Trinajstić information content (AvgIpc) is 2.32. The minimum atomic E-state index is -0.236. The van der Waals surface area contributed by atoms with Crippen LogP contribution >= 0.6 is 11.8 Å². The molecule has 0 aliphatic rings. The van der Waals surface area contributed by atoms with Crippen LogP contribution in [0.5, 0.6) is 0 Å². The minimum Gasteiger partial charge on any atom is -0.316 e. The maximum atomic E-state index is 14.0. The standard InChI is InChI=1S/C14H16FN3S/c1-9-7-10(2)18-14(17-9)19-13-11(8-16-3)5-4-6-12(13)15/h4-7,16H,8H2,1-3H3. The fourth-order valence-corrected chi connectivity index (χ4v) is 2.83. The van der Waals surface area contributed by atoms with E-state index in [1.54, 1.807) is 6.07 Å². The fourth-order valence-electron chi connectivity index (χ4n) is 1.83. The first kappa shape index (κ1) is 14.0. The van der Waals surface area contributed by atoms with Crippen LogP contribution in [0.15, 0.2) is 34.3 Å². The predicted octanol–water partition coefficient (Wildman–Crippen LogP) is 3.10. The van der Waals surface area contributed by atoms with Crippen LogP contribution in [0.1, 0.15) is 17.0 Å². The van der Waals surface area contributed by atoms with Crippen molar-refractivity contribution in [2.45, 2.75) is 30.4 Å². The van der Waals surface area contributed by atoms with Gasteiger partial charge in [0.2, 0.25) is 0 Å². The largest absolute Gasteiger partial charge is 0.316 e. The summed E-state index contributed by atoms with van der Waals surface area (Å²) in [5.74, 6) is -0.236. The van der Waals surface area contributed by atoms with Gasteiger partial charge in [0, 0.05) is 17.9 Å². The molecule has 1 aromatic heterocycles. The van der Waals surface area contributed by atoms with Crippen LogP contribution < -0.4 is 5.32 Å². The number of nitrogens with one attached hydrogen (secondary N) is 1. The molecule has 2 rings (SSSR count). The van der Waals surface area contributed by atoms with Crippen molar-refractivity contribution in [1.29, 1.82) is 0 Å². The Morgan fingerprint density at radius 1 is 1.21 bits per heavy atom. The van der Waals surface area contributed by atoms with E-state index in [1.165, 1.54) is 17.8 Å². The highest BCUT2D eigenvalue weighted by Gasteiger charge is 2.12. The van der Waals surface area contributed by atoms with E-state index in [4.69, 9.17) is 0 Å². The van der Waals surface area contributed by atoms with Crippen LogP contribution in [0, 0.1) is 19.7 Å². The highest BCUT2D eigenvalue weighted by molar-refractivity contribution is 7.99. The third-order valence-electron chi connectivity index (χ3n) is 2.57. The SMILES string of the molecule is CNCc1cccc(F)c1Sc1nc(C)cc(C)n1. The van der Waals surface area contributed by atoms with Crippen molar-refractivity contribution in [1.82, 2.24) is 15.3 Å². The molecular formula is C14H16FN3S. The molecule has 0 atom stereocenters. The van der Waals surface area contributed by atoms with Crippen molar-refractivity contribution in [2.24, 2.45) is 0 Å². The molecule has 1 aromatic carbocycles. The van der Waals surface area contributed by atoms with Crippen molar-refractivity contribution in [2.75, 3.05) is 7.05 Å². The number of hydrogen-bond acceptors (Lipinski definition) is 4. The highest BCUT2D eigenvalue weighted by Crippen LogP contribution is 2.30. The molecule has 19 heavy (non-hydrogen) atoms. The van der Waals surface area contributed by atoms with Gasteiger partial charge in [0.15, 0.2) is 5.16 Å². The fraction of sp³-hybridized carbons (Fsp3) is 0.286. The van der Waals surface area contributed by atoms with Crippen molar-refractivity contribution in [3.63, 3.8) is 0 Å². The molecule has 0 saturated carbocycles. The quantitative estimate of drug-likeness (QED) is 0.871. The average molecular weight is 277 g/mol. The second-order valence-corrected chi connectivity index (χ2v) is 5.27. The molecule has 0 amide bonds. The lowest BCUT2D eigenvalue weighted by molar-refractivity contribution is 0.593. The monoisotopic (exact) mass is 277 g/mol. The second-order valence-electron chi connectivity index (χ2n) is 4.29. The molecule has 0 aliphatic carbocycles. The maximum absolute atomic E-state index is 14.0.